The maximum absolute atomic E-state index is 5.58. The summed E-state index contributed by atoms with van der Waals surface area (Å²) in [5.74, 6) is 0. The van der Waals surface area contributed by atoms with E-state index in [1.165, 1.54) is 20.5 Å². The number of hydrogen-bond donors (Lipinski definition) is 1. The van der Waals surface area contributed by atoms with Gasteiger partial charge in [-0.15, -0.1) is 11.3 Å². The van der Waals surface area contributed by atoms with Crippen LogP contribution in [0.5, 0.6) is 0 Å². The van der Waals surface area contributed by atoms with Gasteiger partial charge in [0.15, 0.2) is 0 Å². The second-order valence-electron chi connectivity index (χ2n) is 5.27. The Morgan fingerprint density at radius 2 is 1.94 bits per heavy atom. The number of nitrogens with two attached hydrogens (primary N) is 1. The van der Waals surface area contributed by atoms with E-state index in [1.54, 1.807) is 0 Å². The predicted octanol–water partition coefficient (Wildman–Crippen LogP) is 3.70. The summed E-state index contributed by atoms with van der Waals surface area (Å²) in [5, 5.41) is 1.36. The fourth-order valence-corrected chi connectivity index (χ4v) is 2.89. The maximum atomic E-state index is 5.58. The number of benzene rings is 1. The van der Waals surface area contributed by atoms with Crippen molar-refractivity contribution >= 4 is 21.4 Å². The minimum atomic E-state index is 0.248. The first-order valence-corrected chi connectivity index (χ1v) is 6.55. The fraction of sp³-hybridized carbons (Fsp3) is 0.429. The van der Waals surface area contributed by atoms with Gasteiger partial charge in [-0.2, -0.15) is 0 Å². The van der Waals surface area contributed by atoms with Crippen molar-refractivity contribution in [3.63, 3.8) is 0 Å². The van der Waals surface area contributed by atoms with Crippen LogP contribution in [0, 0.1) is 0 Å². The topological polar surface area (TPSA) is 26.0 Å². The van der Waals surface area contributed by atoms with Crippen LogP contribution < -0.4 is 5.73 Å². The largest absolute Gasteiger partial charge is 0.330 e. The molecule has 0 aliphatic carbocycles. The predicted molar refractivity (Wildman–Crippen MR) is 73.3 cm³/mol. The number of rotatable bonds is 2. The lowest BCUT2D eigenvalue weighted by Crippen LogP contribution is -2.07. The van der Waals surface area contributed by atoms with Crippen molar-refractivity contribution in [2.75, 3.05) is 6.54 Å². The van der Waals surface area contributed by atoms with Gasteiger partial charge in [-0.3, -0.25) is 0 Å². The molecule has 2 aromatic rings. The van der Waals surface area contributed by atoms with Gasteiger partial charge in [0, 0.05) is 9.58 Å². The summed E-state index contributed by atoms with van der Waals surface area (Å²) in [5.41, 5.74) is 7.17. The first-order chi connectivity index (χ1) is 7.50. The van der Waals surface area contributed by atoms with E-state index in [2.05, 4.69) is 45.0 Å². The minimum absolute atomic E-state index is 0.248. The van der Waals surface area contributed by atoms with E-state index in [4.69, 9.17) is 5.73 Å². The number of fused-ring (bicyclic) bond motifs is 1. The SMILES string of the molecule is CC(C)(C)c1cc2cc(CCN)ccc2s1. The molecule has 0 radical (unpaired) electrons. The van der Waals surface area contributed by atoms with Crippen molar-refractivity contribution < 1.29 is 0 Å². The van der Waals surface area contributed by atoms with Crippen molar-refractivity contribution in [1.29, 1.82) is 0 Å². The standard InChI is InChI=1S/C14H19NS/c1-14(2,3)13-9-11-8-10(6-7-15)4-5-12(11)16-13/h4-5,8-9H,6-7,15H2,1-3H3. The Hall–Kier alpha value is -0.860. The molecule has 0 amide bonds. The molecule has 1 aromatic carbocycles. The minimum Gasteiger partial charge on any atom is -0.330 e. The molecule has 0 aliphatic heterocycles. The van der Waals surface area contributed by atoms with Gasteiger partial charge < -0.3 is 5.73 Å². The van der Waals surface area contributed by atoms with Crippen molar-refractivity contribution in [1.82, 2.24) is 0 Å². The molecule has 16 heavy (non-hydrogen) atoms. The fourth-order valence-electron chi connectivity index (χ4n) is 1.78. The summed E-state index contributed by atoms with van der Waals surface area (Å²) in [6.45, 7) is 7.51. The molecule has 0 atom stereocenters. The first kappa shape index (κ1) is 11.6. The van der Waals surface area contributed by atoms with Crippen LogP contribution in [0.1, 0.15) is 31.2 Å². The van der Waals surface area contributed by atoms with Gasteiger partial charge >= 0.3 is 0 Å². The van der Waals surface area contributed by atoms with Gasteiger partial charge in [-0.1, -0.05) is 32.9 Å². The molecule has 2 heteroatoms. The quantitative estimate of drug-likeness (QED) is 0.841. The lowest BCUT2D eigenvalue weighted by Gasteiger charge is -2.14. The molecule has 1 aromatic heterocycles. The van der Waals surface area contributed by atoms with Crippen LogP contribution in [0.4, 0.5) is 0 Å². The van der Waals surface area contributed by atoms with Gasteiger partial charge in [-0.25, -0.2) is 0 Å². The van der Waals surface area contributed by atoms with Gasteiger partial charge in [-0.05, 0) is 41.5 Å². The third-order valence-electron chi connectivity index (χ3n) is 2.75. The van der Waals surface area contributed by atoms with Gasteiger partial charge in [0.2, 0.25) is 0 Å². The summed E-state index contributed by atoms with van der Waals surface area (Å²) < 4.78 is 1.38. The van der Waals surface area contributed by atoms with E-state index < -0.39 is 0 Å². The van der Waals surface area contributed by atoms with E-state index in [1.807, 2.05) is 11.3 Å². The molecule has 1 heterocycles. The highest BCUT2D eigenvalue weighted by Gasteiger charge is 2.16. The van der Waals surface area contributed by atoms with Crippen molar-refractivity contribution in [3.8, 4) is 0 Å². The lowest BCUT2D eigenvalue weighted by atomic mass is 9.94. The molecule has 2 N–H and O–H groups in total. The highest BCUT2D eigenvalue weighted by molar-refractivity contribution is 7.19. The Morgan fingerprint density at radius 3 is 2.56 bits per heavy atom. The molecule has 0 bridgehead atoms. The third kappa shape index (κ3) is 2.28. The Kier molecular flexibility index (Phi) is 3.04. The maximum Gasteiger partial charge on any atom is 0.0346 e. The normalized spacial score (nSPS) is 12.2. The van der Waals surface area contributed by atoms with Crippen LogP contribution in [0.15, 0.2) is 24.3 Å². The molecule has 0 fully saturated rings. The zero-order valence-electron chi connectivity index (χ0n) is 10.2. The molecule has 2 rings (SSSR count). The lowest BCUT2D eigenvalue weighted by molar-refractivity contribution is 0.604. The van der Waals surface area contributed by atoms with Crippen molar-refractivity contribution in [3.05, 3.63) is 34.7 Å². The molecule has 0 spiro atoms. The average Bonchev–Trinajstić information content (AvgIpc) is 2.60. The summed E-state index contributed by atoms with van der Waals surface area (Å²) in [6.07, 6.45) is 0.969. The molecule has 0 saturated carbocycles. The van der Waals surface area contributed by atoms with E-state index in [9.17, 15) is 0 Å². The summed E-state index contributed by atoms with van der Waals surface area (Å²) in [7, 11) is 0. The van der Waals surface area contributed by atoms with Crippen LogP contribution in [0.3, 0.4) is 0 Å². The second kappa shape index (κ2) is 4.19. The average molecular weight is 233 g/mol. The zero-order chi connectivity index (χ0) is 11.8. The second-order valence-corrected chi connectivity index (χ2v) is 6.36. The summed E-state index contributed by atoms with van der Waals surface area (Å²) in [4.78, 5) is 1.45. The highest BCUT2D eigenvalue weighted by atomic mass is 32.1. The highest BCUT2D eigenvalue weighted by Crippen LogP contribution is 2.34. The van der Waals surface area contributed by atoms with Crippen LogP contribution in [-0.4, -0.2) is 6.54 Å². The van der Waals surface area contributed by atoms with Crippen LogP contribution in [0.2, 0.25) is 0 Å². The van der Waals surface area contributed by atoms with Crippen LogP contribution >= 0.6 is 11.3 Å². The van der Waals surface area contributed by atoms with Crippen molar-refractivity contribution in [2.45, 2.75) is 32.6 Å². The smallest absolute Gasteiger partial charge is 0.0346 e. The van der Waals surface area contributed by atoms with Gasteiger partial charge in [0.25, 0.3) is 0 Å². The summed E-state index contributed by atoms with van der Waals surface area (Å²) in [6, 6.07) is 9.01. The van der Waals surface area contributed by atoms with Gasteiger partial charge in [0.05, 0.1) is 0 Å². The molecule has 0 saturated heterocycles. The summed E-state index contributed by atoms with van der Waals surface area (Å²) >= 11 is 1.90. The molecule has 1 nitrogen and oxygen atoms in total. The molecular formula is C14H19NS. The zero-order valence-corrected chi connectivity index (χ0v) is 11.0. The number of thiophene rings is 1. The monoisotopic (exact) mass is 233 g/mol. The van der Waals surface area contributed by atoms with Crippen molar-refractivity contribution in [2.24, 2.45) is 5.73 Å². The van der Waals surface area contributed by atoms with Crippen LogP contribution in [0.25, 0.3) is 10.1 Å². The van der Waals surface area contributed by atoms with E-state index in [-0.39, 0.29) is 5.41 Å². The third-order valence-corrected chi connectivity index (χ3v) is 4.29. The molecule has 0 aliphatic rings. The Morgan fingerprint density at radius 1 is 1.19 bits per heavy atom. The Bertz CT molecular complexity index is 491. The van der Waals surface area contributed by atoms with Crippen LogP contribution in [-0.2, 0) is 11.8 Å². The Balaban J connectivity index is 2.46. The van der Waals surface area contributed by atoms with Gasteiger partial charge in [0.1, 0.15) is 0 Å². The first-order valence-electron chi connectivity index (χ1n) is 5.74. The molecular weight excluding hydrogens is 214 g/mol. The molecule has 86 valence electrons. The van der Waals surface area contributed by atoms with E-state index in [0.29, 0.717) is 0 Å². The van der Waals surface area contributed by atoms with E-state index in [0.717, 1.165) is 13.0 Å². The number of hydrogen-bond acceptors (Lipinski definition) is 2. The Labute approximate surface area is 101 Å². The molecule has 0 unspecified atom stereocenters. The van der Waals surface area contributed by atoms with E-state index >= 15 is 0 Å².